The Morgan fingerprint density at radius 3 is 1.72 bits per heavy atom. The minimum absolute atomic E-state index is 0.00318. The monoisotopic (exact) mass is 1330 g/mol. The van der Waals surface area contributed by atoms with Crippen LogP contribution in [0.25, 0.3) is 11.1 Å². The van der Waals surface area contributed by atoms with E-state index in [1.54, 1.807) is 9.80 Å². The molecule has 2 aliphatic carbocycles. The van der Waals surface area contributed by atoms with Crippen LogP contribution < -0.4 is 21.3 Å². The molecule has 5 aromatic rings. The largest absolute Gasteiger partial charge is 0.467 e. The van der Waals surface area contributed by atoms with Gasteiger partial charge in [0.1, 0.15) is 36.8 Å². The summed E-state index contributed by atoms with van der Waals surface area (Å²) >= 11 is 1.53. The van der Waals surface area contributed by atoms with Crippen LogP contribution in [0.3, 0.4) is 0 Å². The van der Waals surface area contributed by atoms with Gasteiger partial charge in [-0.05, 0) is 122 Å². The van der Waals surface area contributed by atoms with Crippen LogP contribution in [0.15, 0.2) is 140 Å². The van der Waals surface area contributed by atoms with Gasteiger partial charge < -0.3 is 45.3 Å². The SMILES string of the molecule is CC[C@H](C)[C@H](NC(=O)[C@@H]1C[C@@H]2CCCC[C@@H]2N1C(=O)[C@@H]1CCCN1C(=O)[C@H](CC(C)C)NC(=O)[C@H](COC(C)(C)C)NC(=O)OCC1c2ccccc2-c2ccccc21)C(=O)C[C@@H](CSC(c1ccccc1)(c1ccccc1)c1ccccc1)C(=O)N[C@H](C(=O)OC)[C@@H](C)CC. The summed E-state index contributed by atoms with van der Waals surface area (Å²) in [5.74, 6) is -5.22. The molecule has 0 radical (unpaired) electrons. The third-order valence-corrected chi connectivity index (χ3v) is 21.8. The Kier molecular flexibility index (Phi) is 24.9. The van der Waals surface area contributed by atoms with Crippen LogP contribution in [0.5, 0.6) is 0 Å². The molecule has 514 valence electrons. The van der Waals surface area contributed by atoms with Gasteiger partial charge in [-0.2, -0.15) is 0 Å². The number of thioether (sulfide) groups is 1. The number of rotatable bonds is 29. The van der Waals surface area contributed by atoms with Gasteiger partial charge in [0.15, 0.2) is 5.78 Å². The fourth-order valence-electron chi connectivity index (χ4n) is 14.6. The molecule has 0 aromatic heterocycles. The van der Waals surface area contributed by atoms with E-state index >= 15 is 24.0 Å². The van der Waals surface area contributed by atoms with Gasteiger partial charge in [0.05, 0.1) is 36.0 Å². The maximum absolute atomic E-state index is 15.7. The van der Waals surface area contributed by atoms with Crippen molar-refractivity contribution >= 4 is 59.1 Å². The number of likely N-dealkylation sites (tertiary alicyclic amines) is 2. The van der Waals surface area contributed by atoms with Crippen molar-refractivity contribution in [3.8, 4) is 11.1 Å². The highest BCUT2D eigenvalue weighted by molar-refractivity contribution is 8.00. The first-order chi connectivity index (χ1) is 46.1. The number of nitrogens with one attached hydrogen (secondary N) is 4. The van der Waals surface area contributed by atoms with E-state index in [9.17, 15) is 14.4 Å². The Morgan fingerprint density at radius 2 is 1.17 bits per heavy atom. The van der Waals surface area contributed by atoms with Gasteiger partial charge in [0, 0.05) is 30.7 Å². The number of alkyl carbamates (subject to hydrolysis) is 1. The number of methoxy groups -OCH3 is 1. The number of benzene rings is 5. The molecule has 17 nitrogen and oxygen atoms in total. The molecule has 96 heavy (non-hydrogen) atoms. The lowest BCUT2D eigenvalue weighted by molar-refractivity contribution is -0.150. The molecule has 9 rings (SSSR count). The first-order valence-corrected chi connectivity index (χ1v) is 35.8. The molecule has 4 aliphatic rings. The average molecular weight is 1330 g/mol. The van der Waals surface area contributed by atoms with E-state index in [1.165, 1.54) is 18.9 Å². The fourth-order valence-corrected chi connectivity index (χ4v) is 16.2. The van der Waals surface area contributed by atoms with E-state index in [0.29, 0.717) is 38.5 Å². The third kappa shape index (κ3) is 16.9. The van der Waals surface area contributed by atoms with Crippen LogP contribution in [-0.4, -0.2) is 138 Å². The molecular formula is C78H100N6O11S. The predicted molar refractivity (Wildman–Crippen MR) is 374 cm³/mol. The van der Waals surface area contributed by atoms with Crippen molar-refractivity contribution < 1.29 is 52.6 Å². The molecule has 1 saturated carbocycles. The quantitative estimate of drug-likeness (QED) is 0.0260. The number of Topliss-reactive ketones (excluding diaryl/α,β-unsaturated/α-hetero) is 1. The fraction of sp³-hybridized carbons (Fsp3) is 0.513. The summed E-state index contributed by atoms with van der Waals surface area (Å²) in [6.07, 6.45) is 4.67. The second-order valence-electron chi connectivity index (χ2n) is 28.2. The zero-order valence-corrected chi connectivity index (χ0v) is 58.5. The molecule has 0 spiro atoms. The molecule has 18 heteroatoms. The van der Waals surface area contributed by atoms with Crippen molar-refractivity contribution in [2.24, 2.45) is 29.6 Å². The van der Waals surface area contributed by atoms with Crippen LogP contribution in [0.4, 0.5) is 4.79 Å². The number of ether oxygens (including phenoxy) is 3. The number of carbonyl (C=O) groups is 8. The topological polar surface area (TPSA) is 219 Å². The maximum Gasteiger partial charge on any atom is 0.407 e. The van der Waals surface area contributed by atoms with Crippen LogP contribution in [0.1, 0.15) is 167 Å². The Bertz CT molecular complexity index is 3350. The minimum Gasteiger partial charge on any atom is -0.467 e. The van der Waals surface area contributed by atoms with Gasteiger partial charge in [0.25, 0.3) is 0 Å². The smallest absolute Gasteiger partial charge is 0.407 e. The molecular weight excluding hydrogens is 1230 g/mol. The minimum atomic E-state index is -1.26. The van der Waals surface area contributed by atoms with Gasteiger partial charge in [-0.25, -0.2) is 9.59 Å². The van der Waals surface area contributed by atoms with Crippen LogP contribution in [0.2, 0.25) is 0 Å². The Morgan fingerprint density at radius 1 is 0.615 bits per heavy atom. The van der Waals surface area contributed by atoms with E-state index in [0.717, 1.165) is 58.2 Å². The normalized spacial score (nSPS) is 19.9. The Balaban J connectivity index is 0.946. The number of hydrogen-bond donors (Lipinski definition) is 4. The molecule has 0 unspecified atom stereocenters. The lowest BCUT2D eigenvalue weighted by atomic mass is 9.84. The van der Waals surface area contributed by atoms with Gasteiger partial charge >= 0.3 is 12.1 Å². The second-order valence-corrected chi connectivity index (χ2v) is 29.4. The highest BCUT2D eigenvalue weighted by atomic mass is 32.2. The summed E-state index contributed by atoms with van der Waals surface area (Å²) in [6.45, 7) is 17.1. The number of carbonyl (C=O) groups excluding carboxylic acids is 8. The average Bonchev–Trinajstić information content (AvgIpc) is 0.816. The van der Waals surface area contributed by atoms with Gasteiger partial charge in [0.2, 0.25) is 29.5 Å². The number of ketones is 1. The zero-order valence-electron chi connectivity index (χ0n) is 57.7. The zero-order chi connectivity index (χ0) is 68.8. The molecule has 6 amide bonds. The Hall–Kier alpha value is -7.83. The first kappa shape index (κ1) is 72.4. The van der Waals surface area contributed by atoms with Crippen LogP contribution in [0, 0.1) is 29.6 Å². The van der Waals surface area contributed by atoms with E-state index < -0.39 is 94.1 Å². The number of fused-ring (bicyclic) bond motifs is 4. The lowest BCUT2D eigenvalue weighted by Crippen LogP contribution is -2.60. The number of esters is 1. The van der Waals surface area contributed by atoms with Crippen molar-refractivity contribution in [2.75, 3.05) is 32.6 Å². The molecule has 0 bridgehead atoms. The van der Waals surface area contributed by atoms with Crippen molar-refractivity contribution in [2.45, 2.75) is 192 Å². The summed E-state index contributed by atoms with van der Waals surface area (Å²) in [4.78, 5) is 122. The standard InChI is InChI=1S/C78H100N6O11S/c1-11-50(5)68(67(85)45-53(70(86)82-69(51(6)12-2)75(91)93-10)48-96-78(54-30-16-13-17-31-54,55-32-18-14-19-33-55)56-34-20-15-21-35-56)81-72(88)66-44-52-29-22-27-40-64(52)84(66)74(90)65-41-28-42-83(65)73(89)62(43-49(3)4)79-71(87)63(47-95-77(7,8)9)80-76(92)94-46-61-59-38-25-23-36-57(59)58-37-24-26-39-60(58)61/h13-21,23-26,30-39,49-53,61-66,68-69H,11-12,22,27-29,40-48H2,1-10H3,(H,79,87)(H,80,92)(H,81,88)(H,82,86)/t50-,51-,52-,53-,62-,63-,64-,65-,66-,68-,69-/m0/s1. The van der Waals surface area contributed by atoms with Gasteiger partial charge in [-0.15, -0.1) is 11.8 Å². The molecule has 5 aromatic carbocycles. The van der Waals surface area contributed by atoms with E-state index in [-0.39, 0.29) is 79.8 Å². The maximum atomic E-state index is 15.7. The summed E-state index contributed by atoms with van der Waals surface area (Å²) < 4.78 is 16.4. The second kappa shape index (κ2) is 32.9. The van der Waals surface area contributed by atoms with Gasteiger partial charge in [-0.1, -0.05) is 207 Å². The summed E-state index contributed by atoms with van der Waals surface area (Å²) in [7, 11) is 1.29. The molecule has 11 atom stereocenters. The van der Waals surface area contributed by atoms with E-state index in [2.05, 4.69) is 69.8 Å². The highest BCUT2D eigenvalue weighted by Gasteiger charge is 2.52. The van der Waals surface area contributed by atoms with Crippen molar-refractivity contribution in [1.29, 1.82) is 0 Å². The van der Waals surface area contributed by atoms with Crippen LogP contribution in [-0.2, 0) is 52.5 Å². The first-order valence-electron chi connectivity index (χ1n) is 34.8. The van der Waals surface area contributed by atoms with Crippen LogP contribution >= 0.6 is 11.8 Å². The lowest BCUT2D eigenvalue weighted by Gasteiger charge is -2.38. The number of nitrogens with zero attached hydrogens (tertiary/aromatic N) is 2. The predicted octanol–water partition coefficient (Wildman–Crippen LogP) is 11.9. The summed E-state index contributed by atoms with van der Waals surface area (Å²) in [6, 6.07) is 39.6. The highest BCUT2D eigenvalue weighted by Crippen LogP contribution is 2.50. The van der Waals surface area contributed by atoms with Crippen molar-refractivity contribution in [1.82, 2.24) is 31.1 Å². The third-order valence-electron chi connectivity index (χ3n) is 20.1. The summed E-state index contributed by atoms with van der Waals surface area (Å²) in [5.41, 5.74) is 6.42. The molecule has 2 aliphatic heterocycles. The summed E-state index contributed by atoms with van der Waals surface area (Å²) in [5, 5.41) is 11.9. The number of amides is 6. The van der Waals surface area contributed by atoms with E-state index in [1.807, 2.05) is 153 Å². The molecule has 2 heterocycles. The molecule has 3 fully saturated rings. The molecule has 2 saturated heterocycles. The van der Waals surface area contributed by atoms with Crippen molar-refractivity contribution in [3.05, 3.63) is 167 Å². The molecule has 4 N–H and O–H groups in total. The van der Waals surface area contributed by atoms with E-state index in [4.69, 9.17) is 14.2 Å². The Labute approximate surface area is 572 Å². The van der Waals surface area contributed by atoms with Gasteiger partial charge in [-0.3, -0.25) is 28.8 Å². The van der Waals surface area contributed by atoms with Crippen molar-refractivity contribution in [3.63, 3.8) is 0 Å². The number of hydrogen-bond acceptors (Lipinski definition) is 12.